The number of halogens is 2. The Bertz CT molecular complexity index is 1150. The number of amides is 1. The molecule has 0 aliphatic heterocycles. The Morgan fingerprint density at radius 2 is 1.70 bits per heavy atom. The molecule has 0 aliphatic carbocycles. The Labute approximate surface area is 186 Å². The minimum Gasteiger partial charge on any atom is -0.321 e. The van der Waals surface area contributed by atoms with Crippen LogP contribution in [0, 0.1) is 0 Å². The lowest BCUT2D eigenvalue weighted by Gasteiger charge is -2.09. The van der Waals surface area contributed by atoms with Crippen LogP contribution in [0.25, 0.3) is 5.69 Å². The Kier molecular flexibility index (Phi) is 6.27. The molecule has 0 bridgehead atoms. The fourth-order valence-corrected chi connectivity index (χ4v) is 3.99. The van der Waals surface area contributed by atoms with Crippen LogP contribution in [0.2, 0.25) is 10.0 Å². The van der Waals surface area contributed by atoms with Gasteiger partial charge in [-0.15, -0.1) is 5.10 Å². The lowest BCUT2D eigenvalue weighted by Crippen LogP contribution is -2.15. The minimum absolute atomic E-state index is 0.193. The van der Waals surface area contributed by atoms with Crippen molar-refractivity contribution in [3.05, 3.63) is 88.4 Å². The Balaban J connectivity index is 1.70. The molecule has 0 atom stereocenters. The van der Waals surface area contributed by atoms with Gasteiger partial charge in [-0.25, -0.2) is 14.6 Å². The van der Waals surface area contributed by atoms with Crippen molar-refractivity contribution in [1.82, 2.24) is 25.0 Å². The third kappa shape index (κ3) is 4.79. The predicted octanol–water partition coefficient (Wildman–Crippen LogP) is 4.91. The van der Waals surface area contributed by atoms with E-state index in [1.165, 1.54) is 11.8 Å². The quantitative estimate of drug-likeness (QED) is 0.327. The average Bonchev–Trinajstić information content (AvgIpc) is 3.17. The van der Waals surface area contributed by atoms with Gasteiger partial charge in [-0.05, 0) is 36.4 Å². The molecule has 1 N–H and O–H groups in total. The first-order valence-electron chi connectivity index (χ1n) is 8.77. The van der Waals surface area contributed by atoms with Crippen LogP contribution in [-0.4, -0.2) is 30.9 Å². The van der Waals surface area contributed by atoms with E-state index in [0.717, 1.165) is 0 Å². The van der Waals surface area contributed by atoms with E-state index in [1.807, 2.05) is 18.2 Å². The fraction of sp³-hybridized carbons (Fsp3) is 0.0500. The molecule has 2 aromatic heterocycles. The molecule has 2 heterocycles. The second-order valence-corrected chi connectivity index (χ2v) is 7.88. The van der Waals surface area contributed by atoms with Gasteiger partial charge in [0.05, 0.1) is 11.4 Å². The van der Waals surface area contributed by atoms with Gasteiger partial charge in [-0.3, -0.25) is 4.79 Å². The SMILES string of the molecule is O=C(Nc1ccccc1)c1nnn(-c2cc(Cl)cc(Cl)c2)c1CSc1ncccn1. The molecule has 0 aliphatic rings. The zero-order chi connectivity index (χ0) is 20.9. The maximum atomic E-state index is 12.9. The van der Waals surface area contributed by atoms with Gasteiger partial charge in [0.2, 0.25) is 0 Å². The third-order valence-electron chi connectivity index (χ3n) is 3.98. The molecule has 0 unspecified atom stereocenters. The smallest absolute Gasteiger partial charge is 0.278 e. The van der Waals surface area contributed by atoms with E-state index in [-0.39, 0.29) is 11.6 Å². The van der Waals surface area contributed by atoms with Crippen molar-refractivity contribution < 1.29 is 4.79 Å². The van der Waals surface area contributed by atoms with E-state index in [1.54, 1.807) is 53.5 Å². The second-order valence-electron chi connectivity index (χ2n) is 6.06. The fourth-order valence-electron chi connectivity index (χ4n) is 2.68. The summed E-state index contributed by atoms with van der Waals surface area (Å²) in [6, 6.07) is 15.9. The number of thioether (sulfide) groups is 1. The van der Waals surface area contributed by atoms with Crippen LogP contribution in [0.3, 0.4) is 0 Å². The van der Waals surface area contributed by atoms with Crippen LogP contribution in [0.15, 0.2) is 72.1 Å². The summed E-state index contributed by atoms with van der Waals surface area (Å²) < 4.78 is 1.55. The van der Waals surface area contributed by atoms with E-state index in [2.05, 4.69) is 25.6 Å². The average molecular weight is 457 g/mol. The molecule has 1 amide bonds. The van der Waals surface area contributed by atoms with Crippen molar-refractivity contribution in [3.8, 4) is 5.69 Å². The van der Waals surface area contributed by atoms with Crippen molar-refractivity contribution >= 4 is 46.6 Å². The monoisotopic (exact) mass is 456 g/mol. The number of hydrogen-bond donors (Lipinski definition) is 1. The molecule has 4 aromatic rings. The van der Waals surface area contributed by atoms with Crippen LogP contribution >= 0.6 is 35.0 Å². The maximum Gasteiger partial charge on any atom is 0.278 e. The summed E-state index contributed by atoms with van der Waals surface area (Å²) >= 11 is 13.7. The summed E-state index contributed by atoms with van der Waals surface area (Å²) in [4.78, 5) is 21.3. The largest absolute Gasteiger partial charge is 0.321 e. The highest BCUT2D eigenvalue weighted by Crippen LogP contribution is 2.26. The van der Waals surface area contributed by atoms with Crippen molar-refractivity contribution in [2.24, 2.45) is 0 Å². The van der Waals surface area contributed by atoms with Gasteiger partial charge in [0.15, 0.2) is 10.9 Å². The first-order chi connectivity index (χ1) is 14.6. The van der Waals surface area contributed by atoms with Gasteiger partial charge in [-0.1, -0.05) is 58.4 Å². The molecule has 30 heavy (non-hydrogen) atoms. The Morgan fingerprint density at radius 1 is 1.00 bits per heavy atom. The normalized spacial score (nSPS) is 10.7. The molecule has 0 spiro atoms. The molecule has 4 rings (SSSR count). The van der Waals surface area contributed by atoms with E-state index in [4.69, 9.17) is 23.2 Å². The van der Waals surface area contributed by atoms with Gasteiger partial charge >= 0.3 is 0 Å². The summed E-state index contributed by atoms with van der Waals surface area (Å²) in [5, 5.41) is 12.6. The highest BCUT2D eigenvalue weighted by atomic mass is 35.5. The molecule has 0 saturated carbocycles. The van der Waals surface area contributed by atoms with E-state index < -0.39 is 0 Å². The minimum atomic E-state index is -0.370. The van der Waals surface area contributed by atoms with Gasteiger partial charge in [0.1, 0.15) is 0 Å². The molecular weight excluding hydrogens is 443 g/mol. The van der Waals surface area contributed by atoms with Gasteiger partial charge in [0, 0.05) is 33.9 Å². The molecule has 0 fully saturated rings. The van der Waals surface area contributed by atoms with Crippen molar-refractivity contribution in [1.29, 1.82) is 0 Å². The van der Waals surface area contributed by atoms with Gasteiger partial charge in [0.25, 0.3) is 5.91 Å². The van der Waals surface area contributed by atoms with Crippen LogP contribution in [0.5, 0.6) is 0 Å². The van der Waals surface area contributed by atoms with Gasteiger partial charge < -0.3 is 5.32 Å². The highest BCUT2D eigenvalue weighted by molar-refractivity contribution is 7.98. The summed E-state index contributed by atoms with van der Waals surface area (Å²) in [5.41, 5.74) is 2.02. The zero-order valence-electron chi connectivity index (χ0n) is 15.4. The molecule has 7 nitrogen and oxygen atoms in total. The number of rotatable bonds is 6. The molecule has 0 saturated heterocycles. The Morgan fingerprint density at radius 3 is 2.40 bits per heavy atom. The third-order valence-corrected chi connectivity index (χ3v) is 5.31. The van der Waals surface area contributed by atoms with Gasteiger partial charge in [-0.2, -0.15) is 0 Å². The summed E-state index contributed by atoms with van der Waals surface area (Å²) in [7, 11) is 0. The molecule has 10 heteroatoms. The van der Waals surface area contributed by atoms with Crippen molar-refractivity contribution in [3.63, 3.8) is 0 Å². The zero-order valence-corrected chi connectivity index (χ0v) is 17.7. The number of benzene rings is 2. The highest BCUT2D eigenvalue weighted by Gasteiger charge is 2.22. The first kappa shape index (κ1) is 20.3. The molecule has 0 radical (unpaired) electrons. The summed E-state index contributed by atoms with van der Waals surface area (Å²) in [6.45, 7) is 0. The van der Waals surface area contributed by atoms with Crippen molar-refractivity contribution in [2.45, 2.75) is 10.9 Å². The van der Waals surface area contributed by atoms with Crippen LogP contribution in [0.4, 0.5) is 5.69 Å². The maximum absolute atomic E-state index is 12.9. The number of carbonyl (C=O) groups is 1. The summed E-state index contributed by atoms with van der Waals surface area (Å²) in [6.07, 6.45) is 3.31. The molecule has 150 valence electrons. The Hall–Kier alpha value is -2.94. The lowest BCUT2D eigenvalue weighted by molar-refractivity contribution is 0.102. The topological polar surface area (TPSA) is 85.6 Å². The lowest BCUT2D eigenvalue weighted by atomic mass is 10.2. The predicted molar refractivity (Wildman–Crippen MR) is 117 cm³/mol. The summed E-state index contributed by atoms with van der Waals surface area (Å²) in [5.74, 6) is -0.0104. The molecular formula is C20H14Cl2N6OS. The number of carbonyl (C=O) groups excluding carboxylic acids is 1. The number of anilines is 1. The van der Waals surface area contributed by atoms with E-state index in [9.17, 15) is 4.79 Å². The van der Waals surface area contributed by atoms with Crippen molar-refractivity contribution in [2.75, 3.05) is 5.32 Å². The number of aromatic nitrogens is 5. The standard InChI is InChI=1S/C20H14Cl2N6OS/c21-13-9-14(22)11-16(10-13)28-17(12-30-20-23-7-4-8-24-20)18(26-27-28)19(29)25-15-5-2-1-3-6-15/h1-11H,12H2,(H,25,29). The number of nitrogens with zero attached hydrogens (tertiary/aromatic N) is 5. The first-order valence-corrected chi connectivity index (χ1v) is 10.5. The number of hydrogen-bond acceptors (Lipinski definition) is 6. The van der Waals surface area contributed by atoms with Crippen LogP contribution in [0.1, 0.15) is 16.2 Å². The number of nitrogens with one attached hydrogen (secondary N) is 1. The number of para-hydroxylation sites is 1. The van der Waals surface area contributed by atoms with E-state index >= 15 is 0 Å². The second kappa shape index (κ2) is 9.25. The van der Waals surface area contributed by atoms with E-state index in [0.29, 0.717) is 38.0 Å². The molecule has 2 aromatic carbocycles. The van der Waals surface area contributed by atoms with Crippen LogP contribution < -0.4 is 5.32 Å². The van der Waals surface area contributed by atoms with Crippen LogP contribution in [-0.2, 0) is 5.75 Å².